The molecule has 13 heteroatoms. The molecule has 190 valence electrons. The van der Waals surface area contributed by atoms with Crippen LogP contribution in [0.15, 0.2) is 30.5 Å². The number of aliphatic hydroxyl groups is 1. The number of amides is 3. The Balaban J connectivity index is 2.07. The van der Waals surface area contributed by atoms with Crippen molar-refractivity contribution < 1.29 is 39.3 Å². The van der Waals surface area contributed by atoms with Gasteiger partial charge in [0.1, 0.15) is 18.1 Å². The molecule has 0 bridgehead atoms. The van der Waals surface area contributed by atoms with Crippen molar-refractivity contribution >= 4 is 40.6 Å². The lowest BCUT2D eigenvalue weighted by Crippen LogP contribution is -2.58. The number of hydrogen-bond donors (Lipinski definition) is 8. The van der Waals surface area contributed by atoms with Crippen LogP contribution in [0.25, 0.3) is 10.9 Å². The number of carbonyl (C=O) groups excluding carboxylic acids is 3. The summed E-state index contributed by atoms with van der Waals surface area (Å²) in [5.41, 5.74) is 7.67. The highest BCUT2D eigenvalue weighted by atomic mass is 16.4. The van der Waals surface area contributed by atoms with Gasteiger partial charge < -0.3 is 42.0 Å². The summed E-state index contributed by atoms with van der Waals surface area (Å²) in [6.07, 6.45) is 1.08. The zero-order chi connectivity index (χ0) is 26.1. The van der Waals surface area contributed by atoms with Gasteiger partial charge in [0.15, 0.2) is 0 Å². The van der Waals surface area contributed by atoms with E-state index >= 15 is 0 Å². The summed E-state index contributed by atoms with van der Waals surface area (Å²) in [5.74, 6) is -5.15. The van der Waals surface area contributed by atoms with E-state index in [0.717, 1.165) is 16.5 Å². The molecule has 2 rings (SSSR count). The highest BCUT2D eigenvalue weighted by Crippen LogP contribution is 2.18. The van der Waals surface area contributed by atoms with Crippen molar-refractivity contribution in [3.63, 3.8) is 0 Å². The first-order valence-electron chi connectivity index (χ1n) is 10.8. The molecule has 0 spiro atoms. The lowest BCUT2D eigenvalue weighted by Gasteiger charge is -2.23. The third kappa shape index (κ3) is 7.79. The van der Waals surface area contributed by atoms with Gasteiger partial charge in [-0.1, -0.05) is 18.2 Å². The van der Waals surface area contributed by atoms with Crippen LogP contribution in [0.5, 0.6) is 0 Å². The van der Waals surface area contributed by atoms with Gasteiger partial charge in [0.05, 0.1) is 12.6 Å². The molecule has 1 aromatic heterocycles. The summed E-state index contributed by atoms with van der Waals surface area (Å²) in [5, 5.41) is 34.9. The molecule has 0 saturated carbocycles. The van der Waals surface area contributed by atoms with Crippen molar-refractivity contribution in [2.75, 3.05) is 6.61 Å². The van der Waals surface area contributed by atoms with Crippen LogP contribution in [-0.2, 0) is 30.4 Å². The summed E-state index contributed by atoms with van der Waals surface area (Å²) in [6, 6.07) is 2.17. The normalized spacial score (nSPS) is 14.4. The number of fused-ring (bicyclic) bond motifs is 1. The number of aromatic amines is 1. The van der Waals surface area contributed by atoms with Gasteiger partial charge in [0, 0.05) is 23.5 Å². The fourth-order valence-corrected chi connectivity index (χ4v) is 3.29. The first-order valence-corrected chi connectivity index (χ1v) is 10.8. The Hall–Kier alpha value is -3.97. The van der Waals surface area contributed by atoms with E-state index in [4.69, 9.17) is 15.9 Å². The lowest BCUT2D eigenvalue weighted by molar-refractivity contribution is -0.142. The average molecular weight is 492 g/mol. The Labute approximate surface area is 200 Å². The third-order valence-electron chi connectivity index (χ3n) is 5.28. The number of hydrogen-bond acceptors (Lipinski definition) is 7. The van der Waals surface area contributed by atoms with Crippen molar-refractivity contribution in [2.24, 2.45) is 5.73 Å². The number of carboxylic acid groups (broad SMARTS) is 2. The van der Waals surface area contributed by atoms with Crippen LogP contribution < -0.4 is 21.7 Å². The molecule has 13 nitrogen and oxygen atoms in total. The SMILES string of the molecule is CC(NC(=O)C(CO)NC(=O)C(CCC(=O)O)NC(=O)C(N)Cc1c[nH]c2ccccc12)C(=O)O. The first-order chi connectivity index (χ1) is 16.5. The Morgan fingerprint density at radius 1 is 0.971 bits per heavy atom. The molecule has 0 aliphatic rings. The summed E-state index contributed by atoms with van der Waals surface area (Å²) in [6.45, 7) is 0.338. The molecule has 35 heavy (non-hydrogen) atoms. The average Bonchev–Trinajstić information content (AvgIpc) is 3.22. The van der Waals surface area contributed by atoms with Crippen LogP contribution in [0, 0.1) is 0 Å². The number of H-pyrrole nitrogens is 1. The first kappa shape index (κ1) is 27.3. The minimum Gasteiger partial charge on any atom is -0.481 e. The van der Waals surface area contributed by atoms with Crippen LogP contribution in [0.4, 0.5) is 0 Å². The third-order valence-corrected chi connectivity index (χ3v) is 5.28. The molecule has 3 amide bonds. The van der Waals surface area contributed by atoms with Crippen molar-refractivity contribution in [3.05, 3.63) is 36.0 Å². The summed E-state index contributed by atoms with van der Waals surface area (Å²) in [7, 11) is 0. The van der Waals surface area contributed by atoms with Crippen LogP contribution in [0.1, 0.15) is 25.3 Å². The summed E-state index contributed by atoms with van der Waals surface area (Å²) in [4.78, 5) is 62.6. The maximum absolute atomic E-state index is 12.7. The number of carboxylic acids is 2. The van der Waals surface area contributed by atoms with E-state index in [-0.39, 0.29) is 12.8 Å². The Morgan fingerprint density at radius 2 is 1.60 bits per heavy atom. The van der Waals surface area contributed by atoms with Crippen LogP contribution in [0.3, 0.4) is 0 Å². The fourth-order valence-electron chi connectivity index (χ4n) is 3.29. The molecule has 0 fully saturated rings. The predicted molar refractivity (Wildman–Crippen MR) is 123 cm³/mol. The number of nitrogens with one attached hydrogen (secondary N) is 4. The molecule has 9 N–H and O–H groups in total. The van der Waals surface area contributed by atoms with E-state index < -0.39 is 66.9 Å². The molecule has 0 aliphatic heterocycles. The lowest BCUT2D eigenvalue weighted by atomic mass is 10.0. The molecular formula is C22H29N5O8. The number of nitrogens with two attached hydrogens (primary N) is 1. The fraction of sp³-hybridized carbons (Fsp3) is 0.409. The number of aliphatic hydroxyl groups excluding tert-OH is 1. The monoisotopic (exact) mass is 491 g/mol. The maximum atomic E-state index is 12.7. The van der Waals surface area contributed by atoms with Crippen molar-refractivity contribution in [1.29, 1.82) is 0 Å². The zero-order valence-corrected chi connectivity index (χ0v) is 19.0. The van der Waals surface area contributed by atoms with Gasteiger partial charge in [0.25, 0.3) is 0 Å². The number of rotatable bonds is 13. The van der Waals surface area contributed by atoms with Gasteiger partial charge in [-0.2, -0.15) is 0 Å². The van der Waals surface area contributed by atoms with Gasteiger partial charge in [-0.05, 0) is 31.4 Å². The van der Waals surface area contributed by atoms with Crippen LogP contribution in [0.2, 0.25) is 0 Å². The van der Waals surface area contributed by atoms with E-state index in [1.54, 1.807) is 6.20 Å². The summed E-state index contributed by atoms with van der Waals surface area (Å²) >= 11 is 0. The Bertz CT molecular complexity index is 1080. The van der Waals surface area contributed by atoms with Crippen LogP contribution in [-0.4, -0.2) is 80.7 Å². The van der Waals surface area contributed by atoms with E-state index in [1.165, 1.54) is 6.92 Å². The summed E-state index contributed by atoms with van der Waals surface area (Å²) < 4.78 is 0. The second-order valence-electron chi connectivity index (χ2n) is 7.98. The second-order valence-corrected chi connectivity index (χ2v) is 7.98. The molecular weight excluding hydrogens is 462 g/mol. The molecule has 0 radical (unpaired) electrons. The molecule has 0 saturated heterocycles. The Morgan fingerprint density at radius 3 is 2.23 bits per heavy atom. The molecule has 4 unspecified atom stereocenters. The molecule has 1 heterocycles. The number of benzene rings is 1. The van der Waals surface area contributed by atoms with Gasteiger partial charge in [0.2, 0.25) is 17.7 Å². The van der Waals surface area contributed by atoms with Gasteiger partial charge >= 0.3 is 11.9 Å². The minimum absolute atomic E-state index is 0.137. The molecule has 0 aliphatic carbocycles. The number of aromatic nitrogens is 1. The second kappa shape index (κ2) is 12.5. The smallest absolute Gasteiger partial charge is 0.325 e. The van der Waals surface area contributed by atoms with Crippen molar-refractivity contribution in [2.45, 2.75) is 50.4 Å². The van der Waals surface area contributed by atoms with E-state index in [0.29, 0.717) is 0 Å². The topological polar surface area (TPSA) is 224 Å². The highest BCUT2D eigenvalue weighted by Gasteiger charge is 2.29. The van der Waals surface area contributed by atoms with Crippen molar-refractivity contribution in [1.82, 2.24) is 20.9 Å². The highest BCUT2D eigenvalue weighted by molar-refractivity contribution is 5.94. The van der Waals surface area contributed by atoms with E-state index in [9.17, 15) is 29.1 Å². The largest absolute Gasteiger partial charge is 0.481 e. The maximum Gasteiger partial charge on any atom is 0.325 e. The minimum atomic E-state index is -1.52. The van der Waals surface area contributed by atoms with Gasteiger partial charge in [-0.25, -0.2) is 0 Å². The van der Waals surface area contributed by atoms with E-state index in [2.05, 4.69) is 20.9 Å². The van der Waals surface area contributed by atoms with Crippen LogP contribution >= 0.6 is 0 Å². The quantitative estimate of drug-likeness (QED) is 0.162. The standard InChI is InChI=1S/C22H29N5O8/c1-11(22(34)35)25-21(33)17(10-28)27-20(32)16(6-7-18(29)30)26-19(31)14(23)8-12-9-24-15-5-3-2-4-13(12)15/h2-5,9,11,14,16-17,24,28H,6-8,10,23H2,1H3,(H,25,33)(H,26,31)(H,27,32)(H,29,30)(H,34,35). The Kier molecular flexibility index (Phi) is 9.73. The number of carbonyl (C=O) groups is 5. The zero-order valence-electron chi connectivity index (χ0n) is 19.0. The van der Waals surface area contributed by atoms with Crippen molar-refractivity contribution in [3.8, 4) is 0 Å². The van der Waals surface area contributed by atoms with Gasteiger partial charge in [-0.15, -0.1) is 0 Å². The number of aliphatic carboxylic acids is 2. The number of para-hydroxylation sites is 1. The molecule has 4 atom stereocenters. The van der Waals surface area contributed by atoms with E-state index in [1.807, 2.05) is 24.3 Å². The van der Waals surface area contributed by atoms with Gasteiger partial charge in [-0.3, -0.25) is 24.0 Å². The molecule has 2 aromatic rings. The molecule has 1 aromatic carbocycles. The predicted octanol–water partition coefficient (Wildman–Crippen LogP) is -1.55.